The molecule has 0 aromatic heterocycles. The number of hydrogen-bond donors (Lipinski definition) is 3. The van der Waals surface area contributed by atoms with Crippen LogP contribution in [0, 0.1) is 40.4 Å². The van der Waals surface area contributed by atoms with Crippen LogP contribution in [0.15, 0.2) is 109 Å². The van der Waals surface area contributed by atoms with Gasteiger partial charge in [-0.05, 0) is 201 Å². The summed E-state index contributed by atoms with van der Waals surface area (Å²) in [5.41, 5.74) is 11.3. The van der Waals surface area contributed by atoms with E-state index in [9.17, 15) is 5.11 Å². The molecule has 0 bridgehead atoms. The van der Waals surface area contributed by atoms with Crippen LogP contribution < -0.4 is 9.47 Å². The van der Waals surface area contributed by atoms with Crippen LogP contribution in [-0.2, 0) is 26.1 Å². The molecule has 4 fully saturated rings. The van der Waals surface area contributed by atoms with E-state index in [4.69, 9.17) is 20.0 Å². The summed E-state index contributed by atoms with van der Waals surface area (Å²) in [5, 5.41) is 22.4. The summed E-state index contributed by atoms with van der Waals surface area (Å²) in [6.07, 6.45) is 17.8. The Labute approximate surface area is 353 Å². The average Bonchev–Trinajstić information content (AvgIpc) is 3.82. The number of aryl methyl sites for hydroxylation is 2. The fraction of sp³-hybridized carbons (Fsp3) is 0.519. The molecule has 0 amide bonds. The second kappa shape index (κ2) is 18.0. The summed E-state index contributed by atoms with van der Waals surface area (Å²) < 4.78 is 12.2. The van der Waals surface area contributed by atoms with E-state index in [1.54, 1.807) is 22.3 Å². The Morgan fingerprint density at radius 3 is 1.68 bits per heavy atom. The Hall–Kier alpha value is -3.90. The van der Waals surface area contributed by atoms with Crippen LogP contribution in [-0.4, -0.2) is 21.7 Å². The van der Waals surface area contributed by atoms with Gasteiger partial charge in [0.25, 0.3) is 0 Å². The zero-order valence-corrected chi connectivity index (χ0v) is 36.0. The Balaban J connectivity index is 0.000000158. The van der Waals surface area contributed by atoms with E-state index in [1.807, 2.05) is 13.0 Å². The van der Waals surface area contributed by atoms with Gasteiger partial charge in [0.05, 0.1) is 6.10 Å². The van der Waals surface area contributed by atoms with E-state index in [2.05, 4.69) is 118 Å². The molecular formula is C54H68O5. The van der Waals surface area contributed by atoms with Crippen molar-refractivity contribution in [2.75, 3.05) is 0 Å². The van der Waals surface area contributed by atoms with Crippen LogP contribution >= 0.6 is 0 Å². The minimum Gasteiger partial charge on any atom is -0.489 e. The van der Waals surface area contributed by atoms with Crippen LogP contribution in [0.2, 0.25) is 0 Å². The molecule has 0 spiro atoms. The molecule has 6 aliphatic carbocycles. The lowest BCUT2D eigenvalue weighted by Crippen LogP contribution is -2.44. The number of aliphatic hydroxyl groups excluding tert-OH is 1. The largest absolute Gasteiger partial charge is 0.489 e. The molecule has 4 aromatic carbocycles. The Morgan fingerprint density at radius 2 is 1.15 bits per heavy atom. The highest BCUT2D eigenvalue weighted by molar-refractivity contribution is 5.43. The molecule has 6 aliphatic rings. The molecule has 59 heavy (non-hydrogen) atoms. The lowest BCUT2D eigenvalue weighted by atomic mass is 9.54. The minimum absolute atomic E-state index is 0.165. The molecule has 3 N–H and O–H groups in total. The summed E-state index contributed by atoms with van der Waals surface area (Å²) in [4.78, 5) is 0. The van der Waals surface area contributed by atoms with E-state index in [-0.39, 0.29) is 6.10 Å². The van der Waals surface area contributed by atoms with Crippen molar-refractivity contribution in [2.24, 2.45) is 40.4 Å². The van der Waals surface area contributed by atoms with Gasteiger partial charge in [-0.1, -0.05) is 98.3 Å². The van der Waals surface area contributed by atoms with Gasteiger partial charge in [-0.3, -0.25) is 10.5 Å². The summed E-state index contributed by atoms with van der Waals surface area (Å²) in [6.45, 7) is 10.6. The van der Waals surface area contributed by atoms with E-state index in [0.717, 1.165) is 41.1 Å². The Bertz CT molecular complexity index is 2040. The third-order valence-electron chi connectivity index (χ3n) is 16.7. The first-order valence-electron chi connectivity index (χ1n) is 22.9. The van der Waals surface area contributed by atoms with Gasteiger partial charge < -0.3 is 14.6 Å². The lowest BCUT2D eigenvalue weighted by molar-refractivity contribution is -0.176. The average molecular weight is 797 g/mol. The molecule has 4 saturated carbocycles. The van der Waals surface area contributed by atoms with Gasteiger partial charge in [-0.15, -0.1) is 0 Å². The lowest BCUT2D eigenvalue weighted by Gasteiger charge is -2.51. The highest BCUT2D eigenvalue weighted by Crippen LogP contribution is 2.64. The third kappa shape index (κ3) is 8.17. The SMILES string of the molecule is CC(O)C1CC[C@H]2[C@@H]3CCc4cc(OCc5ccccc5)ccc4[C@H]3CC[C@]12C.CC=C1CC[C@H]2[C@@H]3CCc4cc(OCc5ccccc5)ccc4[C@H]3CC[C@]12C.OO. The predicted molar refractivity (Wildman–Crippen MR) is 238 cm³/mol. The highest BCUT2D eigenvalue weighted by atomic mass is 17.0. The van der Waals surface area contributed by atoms with Crippen molar-refractivity contribution in [1.29, 1.82) is 0 Å². The quantitative estimate of drug-likeness (QED) is 0.0986. The molecule has 0 saturated heterocycles. The number of fused-ring (bicyclic) bond motifs is 10. The van der Waals surface area contributed by atoms with Gasteiger partial charge in [-0.2, -0.15) is 0 Å². The van der Waals surface area contributed by atoms with E-state index in [1.165, 1.54) is 93.7 Å². The first-order valence-corrected chi connectivity index (χ1v) is 22.9. The smallest absolute Gasteiger partial charge is 0.120 e. The molecule has 5 nitrogen and oxygen atoms in total. The molecule has 10 rings (SSSR count). The van der Waals surface area contributed by atoms with Crippen molar-refractivity contribution in [1.82, 2.24) is 0 Å². The third-order valence-corrected chi connectivity index (χ3v) is 16.7. The fourth-order valence-electron chi connectivity index (χ4n) is 13.9. The van der Waals surface area contributed by atoms with Crippen LogP contribution in [0.5, 0.6) is 11.5 Å². The maximum Gasteiger partial charge on any atom is 0.120 e. The van der Waals surface area contributed by atoms with Crippen molar-refractivity contribution in [3.63, 3.8) is 0 Å². The topological polar surface area (TPSA) is 79.2 Å². The molecule has 314 valence electrons. The summed E-state index contributed by atoms with van der Waals surface area (Å²) in [5.74, 6) is 7.32. The van der Waals surface area contributed by atoms with E-state index < -0.39 is 0 Å². The van der Waals surface area contributed by atoms with Crippen molar-refractivity contribution in [3.05, 3.63) is 142 Å². The number of hydrogen-bond acceptors (Lipinski definition) is 5. The van der Waals surface area contributed by atoms with Crippen molar-refractivity contribution < 1.29 is 25.1 Å². The van der Waals surface area contributed by atoms with Crippen molar-refractivity contribution in [3.8, 4) is 11.5 Å². The number of allylic oxidation sites excluding steroid dienone is 2. The van der Waals surface area contributed by atoms with Gasteiger partial charge in [0.2, 0.25) is 0 Å². The molecule has 10 atom stereocenters. The van der Waals surface area contributed by atoms with Gasteiger partial charge in [0.1, 0.15) is 24.7 Å². The van der Waals surface area contributed by atoms with Gasteiger partial charge in [-0.25, -0.2) is 0 Å². The predicted octanol–water partition coefficient (Wildman–Crippen LogP) is 13.2. The summed E-state index contributed by atoms with van der Waals surface area (Å²) >= 11 is 0. The van der Waals surface area contributed by atoms with E-state index >= 15 is 0 Å². The monoisotopic (exact) mass is 797 g/mol. The Kier molecular flexibility index (Phi) is 12.7. The normalized spacial score (nSPS) is 32.3. The number of rotatable bonds is 7. The summed E-state index contributed by atoms with van der Waals surface area (Å²) in [6, 6.07) is 34.6. The van der Waals surface area contributed by atoms with Gasteiger partial charge >= 0.3 is 0 Å². The fourth-order valence-corrected chi connectivity index (χ4v) is 13.9. The molecule has 5 heteroatoms. The molecule has 0 aliphatic heterocycles. The van der Waals surface area contributed by atoms with Crippen LogP contribution in [0.4, 0.5) is 0 Å². The van der Waals surface area contributed by atoms with Gasteiger partial charge in [0.15, 0.2) is 0 Å². The molecule has 0 heterocycles. The minimum atomic E-state index is -0.165. The Morgan fingerprint density at radius 1 is 0.627 bits per heavy atom. The zero-order chi connectivity index (χ0) is 41.1. The van der Waals surface area contributed by atoms with Gasteiger partial charge in [0, 0.05) is 0 Å². The first-order chi connectivity index (χ1) is 28.7. The molecular weight excluding hydrogens is 729 g/mol. The number of aliphatic hydroxyl groups is 1. The maximum atomic E-state index is 10.4. The summed E-state index contributed by atoms with van der Waals surface area (Å²) in [7, 11) is 0. The van der Waals surface area contributed by atoms with E-state index in [0.29, 0.717) is 35.9 Å². The number of ether oxygens (including phenoxy) is 2. The molecule has 2 unspecified atom stereocenters. The number of benzene rings is 4. The van der Waals surface area contributed by atoms with Crippen LogP contribution in [0.3, 0.4) is 0 Å². The second-order valence-corrected chi connectivity index (χ2v) is 19.4. The zero-order valence-electron chi connectivity index (χ0n) is 36.0. The van der Waals surface area contributed by atoms with Crippen molar-refractivity contribution in [2.45, 2.75) is 136 Å². The molecule has 0 radical (unpaired) electrons. The second-order valence-electron chi connectivity index (χ2n) is 19.4. The van der Waals surface area contributed by atoms with Crippen molar-refractivity contribution >= 4 is 0 Å². The standard InChI is InChI=1S/C27H34O2.C27H32O.H2O2/c1-18(28)25-12-13-26-24-10-8-20-16-21(29-17-19-6-4-3-5-7-19)9-11-22(20)23(24)14-15-27(25,26)2;1-3-21-10-14-26-25-12-9-20-17-22(28-18-19-7-5-4-6-8-19)11-13-23(20)24(25)15-16-27(21,26)2;1-2/h3-7,9,11,16,18,23-26,28H,8,10,12-15,17H2,1-2H3;3-8,11,13,17,24-26H,9-10,12,14-16,18H2,1-2H3;1-2H/t18?,23-,24-,25?,26+,27-;24-,25-,26+,27-;/m11./s1. The molecule has 4 aromatic rings. The van der Waals surface area contributed by atoms with Crippen LogP contribution in [0.25, 0.3) is 0 Å². The maximum absolute atomic E-state index is 10.4. The van der Waals surface area contributed by atoms with Crippen LogP contribution in [0.1, 0.15) is 137 Å². The first kappa shape index (κ1) is 41.8. The highest BCUT2D eigenvalue weighted by Gasteiger charge is 2.56.